The molecule has 0 fully saturated rings. The smallest absolute Gasteiger partial charge is 0.341 e. The fourth-order valence-corrected chi connectivity index (χ4v) is 4.63. The third-order valence-electron chi connectivity index (χ3n) is 4.37. The van der Waals surface area contributed by atoms with Gasteiger partial charge in [-0.3, -0.25) is 4.79 Å². The second kappa shape index (κ2) is 10.5. The van der Waals surface area contributed by atoms with Crippen LogP contribution in [0, 0.1) is 6.92 Å². The summed E-state index contributed by atoms with van der Waals surface area (Å²) in [6, 6.07) is 7.23. The molecule has 164 valence electrons. The van der Waals surface area contributed by atoms with Gasteiger partial charge in [0.2, 0.25) is 11.8 Å². The zero-order valence-electron chi connectivity index (χ0n) is 17.7. The quantitative estimate of drug-likeness (QED) is 0.365. The van der Waals surface area contributed by atoms with Crippen LogP contribution in [0.25, 0.3) is 11.5 Å². The number of esters is 1. The van der Waals surface area contributed by atoms with E-state index in [0.29, 0.717) is 22.9 Å². The van der Waals surface area contributed by atoms with Crippen molar-refractivity contribution in [2.75, 3.05) is 24.8 Å². The molecule has 0 spiro atoms. The number of methoxy groups -OCH3 is 1. The van der Waals surface area contributed by atoms with E-state index in [4.69, 9.17) is 13.9 Å². The van der Waals surface area contributed by atoms with E-state index in [1.807, 2.05) is 26.0 Å². The molecule has 3 rings (SSSR count). The molecular formula is C21H23N3O5S2. The summed E-state index contributed by atoms with van der Waals surface area (Å²) >= 11 is 2.49. The predicted molar refractivity (Wildman–Crippen MR) is 120 cm³/mol. The Balaban J connectivity index is 1.64. The predicted octanol–water partition coefficient (Wildman–Crippen LogP) is 4.59. The lowest BCUT2D eigenvalue weighted by atomic mass is 10.1. The van der Waals surface area contributed by atoms with Crippen molar-refractivity contribution in [3.63, 3.8) is 0 Å². The minimum atomic E-state index is -0.423. The van der Waals surface area contributed by atoms with Gasteiger partial charge >= 0.3 is 5.97 Å². The van der Waals surface area contributed by atoms with Crippen LogP contribution in [0.5, 0.6) is 5.75 Å². The fourth-order valence-electron chi connectivity index (χ4n) is 2.92. The third kappa shape index (κ3) is 5.45. The van der Waals surface area contributed by atoms with E-state index in [0.717, 1.165) is 33.5 Å². The normalized spacial score (nSPS) is 10.7. The van der Waals surface area contributed by atoms with Crippen LogP contribution in [0.15, 0.2) is 33.9 Å². The zero-order valence-corrected chi connectivity index (χ0v) is 19.3. The molecule has 10 heteroatoms. The standard InChI is InChI=1S/C21H23N3O5S2/c1-5-15-12(3)31-19(17(15)20(26)28-6-2)22-16(25)11-30-21-24-23-18(29-21)13-7-9-14(27-4)10-8-13/h7-10H,5-6,11H2,1-4H3,(H,22,25). The first kappa shape index (κ1) is 22.8. The van der Waals surface area contributed by atoms with Crippen LogP contribution in [0.4, 0.5) is 5.00 Å². The third-order valence-corrected chi connectivity index (χ3v) is 6.25. The molecule has 1 aromatic carbocycles. The van der Waals surface area contributed by atoms with Gasteiger partial charge in [0.15, 0.2) is 0 Å². The van der Waals surface area contributed by atoms with E-state index in [1.165, 1.54) is 11.3 Å². The maximum Gasteiger partial charge on any atom is 0.341 e. The van der Waals surface area contributed by atoms with Gasteiger partial charge in [-0.05, 0) is 50.1 Å². The van der Waals surface area contributed by atoms with Gasteiger partial charge in [0.05, 0.1) is 25.0 Å². The number of thioether (sulfide) groups is 1. The van der Waals surface area contributed by atoms with Crippen LogP contribution in [0.1, 0.15) is 34.6 Å². The van der Waals surface area contributed by atoms with Gasteiger partial charge in [-0.15, -0.1) is 21.5 Å². The van der Waals surface area contributed by atoms with E-state index < -0.39 is 5.97 Å². The van der Waals surface area contributed by atoms with Crippen LogP contribution in [-0.2, 0) is 16.0 Å². The molecule has 1 amide bonds. The number of ether oxygens (including phenoxy) is 2. The molecule has 0 unspecified atom stereocenters. The van der Waals surface area contributed by atoms with Crippen molar-refractivity contribution < 1.29 is 23.5 Å². The molecular weight excluding hydrogens is 438 g/mol. The number of thiophene rings is 1. The molecule has 0 aliphatic rings. The van der Waals surface area contributed by atoms with Crippen molar-refractivity contribution in [3.8, 4) is 17.2 Å². The minimum absolute atomic E-state index is 0.0604. The SMILES string of the molecule is CCOC(=O)c1c(NC(=O)CSc2nnc(-c3ccc(OC)cc3)o2)sc(C)c1CC. The lowest BCUT2D eigenvalue weighted by Gasteiger charge is -2.07. The number of aromatic nitrogens is 2. The number of carbonyl (C=O) groups excluding carboxylic acids is 2. The summed E-state index contributed by atoms with van der Waals surface area (Å²) in [5.41, 5.74) is 2.09. The summed E-state index contributed by atoms with van der Waals surface area (Å²) in [4.78, 5) is 25.9. The first-order chi connectivity index (χ1) is 15.0. The summed E-state index contributed by atoms with van der Waals surface area (Å²) < 4.78 is 15.9. The highest BCUT2D eigenvalue weighted by atomic mass is 32.2. The summed E-state index contributed by atoms with van der Waals surface area (Å²) in [7, 11) is 1.59. The van der Waals surface area contributed by atoms with Crippen molar-refractivity contribution in [1.29, 1.82) is 0 Å². The topological polar surface area (TPSA) is 104 Å². The summed E-state index contributed by atoms with van der Waals surface area (Å²) in [5, 5.41) is 11.6. The summed E-state index contributed by atoms with van der Waals surface area (Å²) in [5.74, 6) is 0.449. The number of rotatable bonds is 9. The Labute approximate surface area is 188 Å². The molecule has 0 aliphatic carbocycles. The van der Waals surface area contributed by atoms with E-state index >= 15 is 0 Å². The Morgan fingerprint density at radius 2 is 1.94 bits per heavy atom. The van der Waals surface area contributed by atoms with Crippen LogP contribution in [0.2, 0.25) is 0 Å². The number of nitrogens with one attached hydrogen (secondary N) is 1. The molecule has 2 aromatic heterocycles. The molecule has 0 bridgehead atoms. The number of hydrogen-bond donors (Lipinski definition) is 1. The Hall–Kier alpha value is -2.85. The molecule has 0 saturated heterocycles. The first-order valence-electron chi connectivity index (χ1n) is 9.66. The zero-order chi connectivity index (χ0) is 22.4. The highest BCUT2D eigenvalue weighted by molar-refractivity contribution is 7.99. The van der Waals surface area contributed by atoms with Crippen LogP contribution >= 0.6 is 23.1 Å². The average molecular weight is 462 g/mol. The van der Waals surface area contributed by atoms with E-state index in [1.54, 1.807) is 26.2 Å². The second-order valence-electron chi connectivity index (χ2n) is 6.35. The summed E-state index contributed by atoms with van der Waals surface area (Å²) in [6.07, 6.45) is 0.678. The van der Waals surface area contributed by atoms with Crippen molar-refractivity contribution in [2.24, 2.45) is 0 Å². The van der Waals surface area contributed by atoms with E-state index in [-0.39, 0.29) is 23.5 Å². The van der Waals surface area contributed by atoms with Gasteiger partial charge in [0.25, 0.3) is 5.22 Å². The number of nitrogens with zero attached hydrogens (tertiary/aromatic N) is 2. The maximum absolute atomic E-state index is 12.5. The van der Waals surface area contributed by atoms with Gasteiger partial charge < -0.3 is 19.2 Å². The van der Waals surface area contributed by atoms with Crippen molar-refractivity contribution in [1.82, 2.24) is 10.2 Å². The van der Waals surface area contributed by atoms with E-state index in [9.17, 15) is 9.59 Å². The first-order valence-corrected chi connectivity index (χ1v) is 11.5. The molecule has 1 N–H and O–H groups in total. The highest BCUT2D eigenvalue weighted by Gasteiger charge is 2.23. The van der Waals surface area contributed by atoms with E-state index in [2.05, 4.69) is 15.5 Å². The van der Waals surface area contributed by atoms with Crippen molar-refractivity contribution in [2.45, 2.75) is 32.4 Å². The Morgan fingerprint density at radius 3 is 2.58 bits per heavy atom. The average Bonchev–Trinajstić information content (AvgIpc) is 3.36. The molecule has 3 aromatic rings. The van der Waals surface area contributed by atoms with Crippen molar-refractivity contribution in [3.05, 3.63) is 40.3 Å². The van der Waals surface area contributed by atoms with Gasteiger partial charge in [0.1, 0.15) is 10.8 Å². The monoisotopic (exact) mass is 461 g/mol. The van der Waals surface area contributed by atoms with Crippen molar-refractivity contribution >= 4 is 40.0 Å². The van der Waals surface area contributed by atoms with Crippen LogP contribution in [0.3, 0.4) is 0 Å². The number of amides is 1. The molecule has 0 atom stereocenters. The maximum atomic E-state index is 12.5. The molecule has 0 aliphatic heterocycles. The lowest BCUT2D eigenvalue weighted by molar-refractivity contribution is -0.113. The highest BCUT2D eigenvalue weighted by Crippen LogP contribution is 2.34. The number of hydrogen-bond acceptors (Lipinski definition) is 9. The Bertz CT molecular complexity index is 1060. The van der Waals surface area contributed by atoms with Gasteiger partial charge in [0, 0.05) is 10.4 Å². The molecule has 8 nitrogen and oxygen atoms in total. The number of anilines is 1. The lowest BCUT2D eigenvalue weighted by Crippen LogP contribution is -2.16. The number of benzene rings is 1. The fraction of sp³-hybridized carbons (Fsp3) is 0.333. The largest absolute Gasteiger partial charge is 0.497 e. The Morgan fingerprint density at radius 1 is 1.19 bits per heavy atom. The van der Waals surface area contributed by atoms with Gasteiger partial charge in [-0.1, -0.05) is 18.7 Å². The second-order valence-corrected chi connectivity index (χ2v) is 8.50. The Kier molecular flexibility index (Phi) is 7.69. The molecule has 31 heavy (non-hydrogen) atoms. The van der Waals surface area contributed by atoms with Gasteiger partial charge in [-0.25, -0.2) is 4.79 Å². The van der Waals surface area contributed by atoms with Crippen LogP contribution in [-0.4, -0.2) is 41.5 Å². The number of carbonyl (C=O) groups is 2. The van der Waals surface area contributed by atoms with Crippen LogP contribution < -0.4 is 10.1 Å². The summed E-state index contributed by atoms with van der Waals surface area (Å²) in [6.45, 7) is 5.92. The molecule has 0 saturated carbocycles. The number of aryl methyl sites for hydroxylation is 1. The molecule has 0 radical (unpaired) electrons. The minimum Gasteiger partial charge on any atom is -0.497 e. The molecule has 2 heterocycles. The van der Waals surface area contributed by atoms with Gasteiger partial charge in [-0.2, -0.15) is 0 Å².